The molecule has 3 aromatic rings. The van der Waals surface area contributed by atoms with Crippen LogP contribution in [-0.2, 0) is 14.8 Å². The first-order chi connectivity index (χ1) is 15.3. The first-order valence-corrected chi connectivity index (χ1v) is 11.9. The molecule has 9 nitrogen and oxygen atoms in total. The van der Waals surface area contributed by atoms with Gasteiger partial charge in [-0.15, -0.1) is 11.3 Å². The van der Waals surface area contributed by atoms with Gasteiger partial charge in [-0.1, -0.05) is 12.1 Å². The third-order valence-corrected chi connectivity index (χ3v) is 6.87. The van der Waals surface area contributed by atoms with E-state index in [4.69, 9.17) is 9.47 Å². The van der Waals surface area contributed by atoms with E-state index in [9.17, 15) is 18.0 Å². The van der Waals surface area contributed by atoms with Crippen molar-refractivity contribution in [1.82, 2.24) is 9.71 Å². The number of nitrogens with zero attached hydrogens (tertiary/aromatic N) is 1. The number of carbonyl (C=O) groups is 2. The molecule has 1 amide bonds. The maximum Gasteiger partial charge on any atom is 0.240 e. The molecule has 0 saturated carbocycles. The van der Waals surface area contributed by atoms with Gasteiger partial charge in [0, 0.05) is 29.5 Å². The van der Waals surface area contributed by atoms with E-state index in [1.54, 1.807) is 11.4 Å². The second-order valence-electron chi connectivity index (χ2n) is 6.88. The third kappa shape index (κ3) is 4.96. The smallest absolute Gasteiger partial charge is 0.240 e. The average molecular weight is 474 g/mol. The fourth-order valence-corrected chi connectivity index (χ4v) is 4.72. The second-order valence-corrected chi connectivity index (χ2v) is 9.51. The van der Waals surface area contributed by atoms with Crippen LogP contribution in [0.3, 0.4) is 0 Å². The number of nitrogens with one attached hydrogen (secondary N) is 2. The van der Waals surface area contributed by atoms with Crippen molar-refractivity contribution in [2.45, 2.75) is 18.2 Å². The van der Waals surface area contributed by atoms with E-state index in [-0.39, 0.29) is 36.3 Å². The molecule has 1 aromatic heterocycles. The molecular weight excluding hydrogens is 454 g/mol. The number of aromatic nitrogens is 1. The highest BCUT2D eigenvalue weighted by molar-refractivity contribution is 7.89. The predicted molar refractivity (Wildman–Crippen MR) is 119 cm³/mol. The van der Waals surface area contributed by atoms with Gasteiger partial charge >= 0.3 is 0 Å². The number of Topliss-reactive ketones (excluding diaryl/α,β-unsaturated/α-hetero) is 1. The fourth-order valence-electron chi connectivity index (χ4n) is 2.95. The van der Waals surface area contributed by atoms with Gasteiger partial charge in [0.05, 0.1) is 10.6 Å². The van der Waals surface area contributed by atoms with E-state index in [1.807, 2.05) is 12.1 Å². The lowest BCUT2D eigenvalue weighted by atomic mass is 10.1. The molecule has 0 spiro atoms. The molecule has 0 atom stereocenters. The molecular formula is C21H19N3O6S2. The Morgan fingerprint density at radius 1 is 1.09 bits per heavy atom. The Labute approximate surface area is 188 Å². The maximum absolute atomic E-state index is 12.3. The number of fused-ring (bicyclic) bond motifs is 1. The van der Waals surface area contributed by atoms with Crippen molar-refractivity contribution in [3.05, 3.63) is 53.4 Å². The Balaban J connectivity index is 1.30. The summed E-state index contributed by atoms with van der Waals surface area (Å²) in [5, 5.41) is 4.88. The topological polar surface area (TPSA) is 124 Å². The number of hydrogen-bond acceptors (Lipinski definition) is 8. The van der Waals surface area contributed by atoms with E-state index in [0.717, 1.165) is 5.56 Å². The number of hydrogen-bond donors (Lipinski definition) is 2. The molecule has 0 bridgehead atoms. The summed E-state index contributed by atoms with van der Waals surface area (Å²) in [4.78, 5) is 27.9. The number of ether oxygens (including phenoxy) is 2. The van der Waals surface area contributed by atoms with Gasteiger partial charge in [-0.05, 0) is 37.3 Å². The molecule has 2 N–H and O–H groups in total. The van der Waals surface area contributed by atoms with Gasteiger partial charge in [0.2, 0.25) is 22.7 Å². The van der Waals surface area contributed by atoms with Crippen molar-refractivity contribution < 1.29 is 27.5 Å². The minimum atomic E-state index is -3.78. The van der Waals surface area contributed by atoms with Crippen molar-refractivity contribution in [1.29, 1.82) is 0 Å². The van der Waals surface area contributed by atoms with Crippen molar-refractivity contribution in [2.24, 2.45) is 0 Å². The first-order valence-electron chi connectivity index (χ1n) is 9.58. The van der Waals surface area contributed by atoms with Crippen molar-refractivity contribution >= 4 is 38.2 Å². The standard InChI is InChI=1S/C21H19N3O6S2/c1-13(25)14-2-5-16(6-3-14)32(27,28)22-9-8-20(26)24-21-23-17(11-31-21)15-4-7-18-19(10-15)30-12-29-18/h2-7,10-11,22H,8-9,12H2,1H3,(H,23,24,26). The lowest BCUT2D eigenvalue weighted by Gasteiger charge is -2.07. The highest BCUT2D eigenvalue weighted by Gasteiger charge is 2.17. The van der Waals surface area contributed by atoms with Crippen LogP contribution < -0.4 is 19.5 Å². The van der Waals surface area contributed by atoms with Gasteiger partial charge < -0.3 is 14.8 Å². The van der Waals surface area contributed by atoms with Crippen LogP contribution in [0.5, 0.6) is 11.5 Å². The van der Waals surface area contributed by atoms with Crippen LogP contribution in [0.25, 0.3) is 11.3 Å². The number of carbonyl (C=O) groups excluding carboxylic acids is 2. The van der Waals surface area contributed by atoms with Gasteiger partial charge in [0.25, 0.3) is 0 Å². The first kappa shape index (κ1) is 21.9. The molecule has 0 fully saturated rings. The van der Waals surface area contributed by atoms with Crippen LogP contribution in [0.1, 0.15) is 23.7 Å². The van der Waals surface area contributed by atoms with Crippen molar-refractivity contribution in [3.8, 4) is 22.8 Å². The van der Waals surface area contributed by atoms with Crippen molar-refractivity contribution in [3.63, 3.8) is 0 Å². The van der Waals surface area contributed by atoms with E-state index < -0.39 is 10.0 Å². The number of thiazole rings is 1. The number of amides is 1. The fraction of sp³-hybridized carbons (Fsp3) is 0.190. The zero-order chi connectivity index (χ0) is 22.7. The minimum Gasteiger partial charge on any atom is -0.454 e. The number of benzene rings is 2. The maximum atomic E-state index is 12.3. The van der Waals surface area contributed by atoms with Crippen LogP contribution in [0.2, 0.25) is 0 Å². The van der Waals surface area contributed by atoms with Crippen LogP contribution in [-0.4, -0.2) is 38.4 Å². The summed E-state index contributed by atoms with van der Waals surface area (Å²) >= 11 is 1.26. The molecule has 1 aliphatic heterocycles. The van der Waals surface area contributed by atoms with Crippen LogP contribution in [0, 0.1) is 0 Å². The van der Waals surface area contributed by atoms with Crippen LogP contribution in [0.4, 0.5) is 5.13 Å². The van der Waals surface area contributed by atoms with Gasteiger partial charge in [0.1, 0.15) is 0 Å². The Hall–Kier alpha value is -3.28. The highest BCUT2D eigenvalue weighted by Crippen LogP contribution is 2.36. The Kier molecular flexibility index (Phi) is 6.21. The molecule has 0 radical (unpaired) electrons. The summed E-state index contributed by atoms with van der Waals surface area (Å²) in [6.45, 7) is 1.51. The van der Waals surface area contributed by atoms with Gasteiger partial charge in [0.15, 0.2) is 22.4 Å². The summed E-state index contributed by atoms with van der Waals surface area (Å²) in [6.07, 6.45) is -0.0658. The van der Waals surface area contributed by atoms with Crippen LogP contribution >= 0.6 is 11.3 Å². The van der Waals surface area contributed by atoms with Gasteiger partial charge in [-0.25, -0.2) is 18.1 Å². The molecule has 0 aliphatic carbocycles. The summed E-state index contributed by atoms with van der Waals surface area (Å²) in [7, 11) is -3.78. The van der Waals surface area contributed by atoms with Gasteiger partial charge in [-0.3, -0.25) is 9.59 Å². The number of sulfonamides is 1. The molecule has 0 saturated heterocycles. The number of ketones is 1. The Morgan fingerprint density at radius 3 is 2.59 bits per heavy atom. The summed E-state index contributed by atoms with van der Waals surface area (Å²) < 4.78 is 37.7. The highest BCUT2D eigenvalue weighted by atomic mass is 32.2. The lowest BCUT2D eigenvalue weighted by molar-refractivity contribution is -0.116. The van der Waals surface area contributed by atoms with E-state index in [1.165, 1.54) is 42.5 Å². The van der Waals surface area contributed by atoms with E-state index >= 15 is 0 Å². The quantitative estimate of drug-likeness (QED) is 0.482. The van der Waals surface area contributed by atoms with E-state index in [0.29, 0.717) is 27.9 Å². The number of anilines is 1. The van der Waals surface area contributed by atoms with Crippen LogP contribution in [0.15, 0.2) is 52.7 Å². The molecule has 4 rings (SSSR count). The normalized spacial score (nSPS) is 12.5. The summed E-state index contributed by atoms with van der Waals surface area (Å²) in [6, 6.07) is 11.1. The molecule has 2 heterocycles. The molecule has 0 unspecified atom stereocenters. The van der Waals surface area contributed by atoms with E-state index in [2.05, 4.69) is 15.0 Å². The van der Waals surface area contributed by atoms with Gasteiger partial charge in [-0.2, -0.15) is 0 Å². The molecule has 11 heteroatoms. The number of rotatable bonds is 8. The zero-order valence-electron chi connectivity index (χ0n) is 17.0. The molecule has 32 heavy (non-hydrogen) atoms. The van der Waals surface area contributed by atoms with Crippen molar-refractivity contribution in [2.75, 3.05) is 18.7 Å². The Morgan fingerprint density at radius 2 is 1.84 bits per heavy atom. The Bertz CT molecular complexity index is 1270. The second kappa shape index (κ2) is 9.07. The largest absolute Gasteiger partial charge is 0.454 e. The minimum absolute atomic E-state index is 0.0243. The average Bonchev–Trinajstić information content (AvgIpc) is 3.42. The molecule has 166 valence electrons. The third-order valence-electron chi connectivity index (χ3n) is 4.63. The zero-order valence-corrected chi connectivity index (χ0v) is 18.6. The predicted octanol–water partition coefficient (Wildman–Crippen LogP) is 3.05. The summed E-state index contributed by atoms with van der Waals surface area (Å²) in [5.74, 6) is 0.799. The monoisotopic (exact) mass is 473 g/mol. The molecule has 1 aliphatic rings. The summed E-state index contributed by atoms with van der Waals surface area (Å²) in [5.41, 5.74) is 1.93. The lowest BCUT2D eigenvalue weighted by Crippen LogP contribution is -2.27. The molecule has 2 aromatic carbocycles. The SMILES string of the molecule is CC(=O)c1ccc(S(=O)(=O)NCCC(=O)Nc2nc(-c3ccc4c(c3)OCO4)cs2)cc1.